The number of nitrogens with zero attached hydrogens (tertiary/aromatic N) is 3. The van der Waals surface area contributed by atoms with E-state index in [2.05, 4.69) is 4.99 Å². The molecule has 0 saturated heterocycles. The van der Waals surface area contributed by atoms with Crippen molar-refractivity contribution in [1.29, 1.82) is 0 Å². The Balaban J connectivity index is 1.63. The summed E-state index contributed by atoms with van der Waals surface area (Å²) in [4.78, 5) is 42.8. The average molecular weight is 530 g/mol. The van der Waals surface area contributed by atoms with Gasteiger partial charge in [-0.15, -0.1) is 0 Å². The van der Waals surface area contributed by atoms with Gasteiger partial charge >= 0.3 is 5.97 Å². The van der Waals surface area contributed by atoms with Crippen LogP contribution in [0.3, 0.4) is 0 Å². The quantitative estimate of drug-likeness (QED) is 0.208. The van der Waals surface area contributed by atoms with Crippen molar-refractivity contribution in [3.8, 4) is 11.3 Å². The van der Waals surface area contributed by atoms with E-state index in [0.717, 1.165) is 5.56 Å². The summed E-state index contributed by atoms with van der Waals surface area (Å²) in [5.74, 6) is 0.146. The molecule has 38 heavy (non-hydrogen) atoms. The summed E-state index contributed by atoms with van der Waals surface area (Å²) in [6.07, 6.45) is 1.24. The van der Waals surface area contributed by atoms with Crippen molar-refractivity contribution in [2.45, 2.75) is 32.9 Å². The van der Waals surface area contributed by atoms with Crippen molar-refractivity contribution in [3.63, 3.8) is 0 Å². The molecule has 1 atom stereocenters. The number of hydrogen-bond donors (Lipinski definition) is 0. The van der Waals surface area contributed by atoms with E-state index in [9.17, 15) is 19.7 Å². The van der Waals surface area contributed by atoms with E-state index in [1.165, 1.54) is 22.0 Å². The fourth-order valence-corrected chi connectivity index (χ4v) is 5.38. The SMILES string of the molecule is CC1=C(C(=O)OC(C)C)C(c2ccccc2)n2c(sc(=Cc3ccc(-c4ccccc4[N+](=O)[O-])o3)c2=O)=N1. The van der Waals surface area contributed by atoms with Crippen LogP contribution >= 0.6 is 11.3 Å². The van der Waals surface area contributed by atoms with Gasteiger partial charge in [0.2, 0.25) is 0 Å². The molecule has 0 N–H and O–H groups in total. The maximum Gasteiger partial charge on any atom is 0.338 e. The number of allylic oxidation sites excluding steroid dienone is 1. The van der Waals surface area contributed by atoms with Crippen LogP contribution in [0, 0.1) is 10.1 Å². The third-order valence-electron chi connectivity index (χ3n) is 5.97. The van der Waals surface area contributed by atoms with Crippen LogP contribution in [0.5, 0.6) is 0 Å². The Morgan fingerprint density at radius 1 is 1.13 bits per heavy atom. The number of aromatic nitrogens is 1. The van der Waals surface area contributed by atoms with E-state index < -0.39 is 16.9 Å². The first-order valence-corrected chi connectivity index (χ1v) is 12.7. The zero-order chi connectivity index (χ0) is 27.0. The van der Waals surface area contributed by atoms with Gasteiger partial charge in [0, 0.05) is 12.1 Å². The highest BCUT2D eigenvalue weighted by molar-refractivity contribution is 7.07. The number of thiazole rings is 1. The minimum Gasteiger partial charge on any atom is -0.459 e. The molecule has 0 radical (unpaired) electrons. The second-order valence-corrected chi connectivity index (χ2v) is 9.93. The Hall–Kier alpha value is -4.57. The average Bonchev–Trinajstić information content (AvgIpc) is 3.47. The minimum atomic E-state index is -0.708. The molecule has 1 unspecified atom stereocenters. The van der Waals surface area contributed by atoms with Gasteiger partial charge in [0.15, 0.2) is 4.80 Å². The number of benzene rings is 2. The second-order valence-electron chi connectivity index (χ2n) is 8.92. The molecular formula is C28H23N3O6S. The predicted molar refractivity (Wildman–Crippen MR) is 142 cm³/mol. The summed E-state index contributed by atoms with van der Waals surface area (Å²) in [6, 6.07) is 18.1. The number of carbonyl (C=O) groups is 1. The van der Waals surface area contributed by atoms with Crippen molar-refractivity contribution in [3.05, 3.63) is 119 Å². The largest absolute Gasteiger partial charge is 0.459 e. The van der Waals surface area contributed by atoms with Gasteiger partial charge in [-0.3, -0.25) is 19.5 Å². The standard InChI is InChI=1S/C28H23N3O6S/c1-16(2)36-27(33)24-17(3)29-28-30(25(24)18-9-5-4-6-10-18)26(32)23(38-28)15-19-13-14-22(37-19)20-11-7-8-12-21(20)31(34)35/h4-16,25H,1-3H3. The van der Waals surface area contributed by atoms with E-state index in [4.69, 9.17) is 9.15 Å². The Morgan fingerprint density at radius 2 is 1.84 bits per heavy atom. The number of nitro benzene ring substituents is 1. The van der Waals surface area contributed by atoms with Crippen LogP contribution < -0.4 is 14.9 Å². The van der Waals surface area contributed by atoms with Gasteiger partial charge in [0.05, 0.1) is 38.4 Å². The Kier molecular flexibility index (Phi) is 6.64. The van der Waals surface area contributed by atoms with Crippen molar-refractivity contribution < 1.29 is 18.9 Å². The molecule has 10 heteroatoms. The maximum atomic E-state index is 13.7. The molecule has 2 aromatic heterocycles. The lowest BCUT2D eigenvalue weighted by atomic mass is 9.96. The number of hydrogen-bond acceptors (Lipinski definition) is 8. The van der Waals surface area contributed by atoms with Gasteiger partial charge in [-0.05, 0) is 44.5 Å². The molecule has 1 aliphatic heterocycles. The van der Waals surface area contributed by atoms with E-state index in [1.54, 1.807) is 57.2 Å². The molecular weight excluding hydrogens is 506 g/mol. The summed E-state index contributed by atoms with van der Waals surface area (Å²) in [7, 11) is 0. The van der Waals surface area contributed by atoms with Crippen LogP contribution in [-0.2, 0) is 9.53 Å². The van der Waals surface area contributed by atoms with Crippen LogP contribution in [0.15, 0.2) is 92.2 Å². The fraction of sp³-hybridized carbons (Fsp3) is 0.179. The number of esters is 1. The van der Waals surface area contributed by atoms with Crippen LogP contribution in [0.4, 0.5) is 5.69 Å². The molecule has 0 bridgehead atoms. The van der Waals surface area contributed by atoms with Crippen molar-refractivity contribution >= 4 is 29.1 Å². The van der Waals surface area contributed by atoms with Crippen molar-refractivity contribution in [1.82, 2.24) is 4.57 Å². The van der Waals surface area contributed by atoms with Gasteiger partial charge < -0.3 is 9.15 Å². The summed E-state index contributed by atoms with van der Waals surface area (Å²) < 4.78 is 13.2. The Labute approximate surface area is 220 Å². The molecule has 192 valence electrons. The first-order valence-electron chi connectivity index (χ1n) is 11.9. The van der Waals surface area contributed by atoms with E-state index in [0.29, 0.717) is 37.7 Å². The number of fused-ring (bicyclic) bond motifs is 1. The molecule has 2 aromatic carbocycles. The molecule has 1 aliphatic rings. The molecule has 9 nitrogen and oxygen atoms in total. The topological polar surface area (TPSA) is 117 Å². The highest BCUT2D eigenvalue weighted by Gasteiger charge is 2.33. The molecule has 0 spiro atoms. The summed E-state index contributed by atoms with van der Waals surface area (Å²) in [5.41, 5.74) is 1.46. The van der Waals surface area contributed by atoms with Gasteiger partial charge in [-0.25, -0.2) is 9.79 Å². The summed E-state index contributed by atoms with van der Waals surface area (Å²) in [5, 5.41) is 11.4. The van der Waals surface area contributed by atoms with Crippen LogP contribution in [-0.4, -0.2) is 21.6 Å². The highest BCUT2D eigenvalue weighted by Crippen LogP contribution is 2.32. The van der Waals surface area contributed by atoms with Crippen LogP contribution in [0.2, 0.25) is 0 Å². The lowest BCUT2D eigenvalue weighted by Gasteiger charge is -2.25. The number of carbonyl (C=O) groups excluding carboxylic acids is 1. The Morgan fingerprint density at radius 3 is 2.55 bits per heavy atom. The number of ether oxygens (including phenoxy) is 1. The number of para-hydroxylation sites is 1. The van der Waals surface area contributed by atoms with Gasteiger partial charge in [0.1, 0.15) is 11.5 Å². The minimum absolute atomic E-state index is 0.0769. The molecule has 0 fully saturated rings. The number of furan rings is 1. The molecule has 0 amide bonds. The van der Waals surface area contributed by atoms with Crippen LogP contribution in [0.25, 0.3) is 17.4 Å². The van der Waals surface area contributed by atoms with E-state index in [-0.39, 0.29) is 17.4 Å². The van der Waals surface area contributed by atoms with E-state index in [1.807, 2.05) is 30.3 Å². The van der Waals surface area contributed by atoms with Crippen LogP contribution in [0.1, 0.15) is 38.1 Å². The first-order chi connectivity index (χ1) is 18.2. The zero-order valence-corrected chi connectivity index (χ0v) is 21.6. The fourth-order valence-electron chi connectivity index (χ4n) is 4.36. The molecule has 4 aromatic rings. The zero-order valence-electron chi connectivity index (χ0n) is 20.8. The van der Waals surface area contributed by atoms with E-state index >= 15 is 0 Å². The normalized spacial score (nSPS) is 15.4. The lowest BCUT2D eigenvalue weighted by Crippen LogP contribution is -2.40. The maximum absolute atomic E-state index is 13.7. The smallest absolute Gasteiger partial charge is 0.338 e. The number of nitro groups is 1. The third-order valence-corrected chi connectivity index (χ3v) is 6.95. The van der Waals surface area contributed by atoms with Crippen molar-refractivity contribution in [2.75, 3.05) is 0 Å². The van der Waals surface area contributed by atoms with Crippen molar-refractivity contribution in [2.24, 2.45) is 4.99 Å². The van der Waals surface area contributed by atoms with Gasteiger partial charge in [-0.2, -0.15) is 0 Å². The number of rotatable bonds is 6. The third kappa shape index (κ3) is 4.61. The highest BCUT2D eigenvalue weighted by atomic mass is 32.1. The lowest BCUT2D eigenvalue weighted by molar-refractivity contribution is -0.384. The van der Waals surface area contributed by atoms with Gasteiger partial charge in [-0.1, -0.05) is 53.8 Å². The second kappa shape index (κ2) is 10.1. The molecule has 0 aliphatic carbocycles. The summed E-state index contributed by atoms with van der Waals surface area (Å²) in [6.45, 7) is 5.26. The first kappa shape index (κ1) is 25.1. The summed E-state index contributed by atoms with van der Waals surface area (Å²) >= 11 is 1.17. The molecule has 3 heterocycles. The molecule has 5 rings (SSSR count). The monoisotopic (exact) mass is 529 g/mol. The molecule has 0 saturated carbocycles. The predicted octanol–water partition coefficient (Wildman–Crippen LogP) is 4.36. The van der Waals surface area contributed by atoms with Gasteiger partial charge in [0.25, 0.3) is 11.2 Å². The Bertz CT molecular complexity index is 1760.